The number of hydrogen-bond donors (Lipinski definition) is 1. The van der Waals surface area contributed by atoms with Gasteiger partial charge < -0.3 is 9.88 Å². The Morgan fingerprint density at radius 2 is 1.82 bits per heavy atom. The average Bonchev–Trinajstić information content (AvgIpc) is 3.07. The van der Waals surface area contributed by atoms with E-state index in [1.54, 1.807) is 11.8 Å². The molecule has 1 aromatic heterocycles. The molecule has 0 atom stereocenters. The fourth-order valence-electron chi connectivity index (χ4n) is 4.01. The van der Waals surface area contributed by atoms with Gasteiger partial charge in [0.2, 0.25) is 5.91 Å². The predicted molar refractivity (Wildman–Crippen MR) is 118 cm³/mol. The maximum Gasteiger partial charge on any atom is 0.230 e. The van der Waals surface area contributed by atoms with E-state index in [9.17, 15) is 4.79 Å². The Bertz CT molecular complexity index is 939. The first-order valence-corrected chi connectivity index (χ1v) is 11.2. The van der Waals surface area contributed by atoms with Crippen molar-refractivity contribution in [1.82, 2.24) is 9.88 Å². The highest BCUT2D eigenvalue weighted by Crippen LogP contribution is 2.30. The first-order chi connectivity index (χ1) is 13.7. The number of nitrogens with zero attached hydrogens (tertiary/aromatic N) is 1. The van der Waals surface area contributed by atoms with Crippen LogP contribution < -0.4 is 5.32 Å². The molecule has 28 heavy (non-hydrogen) atoms. The van der Waals surface area contributed by atoms with Gasteiger partial charge >= 0.3 is 0 Å². The first-order valence-electron chi connectivity index (χ1n) is 10.2. The van der Waals surface area contributed by atoms with Crippen molar-refractivity contribution in [2.45, 2.75) is 56.5 Å². The van der Waals surface area contributed by atoms with E-state index in [2.05, 4.69) is 71.5 Å². The van der Waals surface area contributed by atoms with Crippen molar-refractivity contribution in [3.63, 3.8) is 0 Å². The van der Waals surface area contributed by atoms with Gasteiger partial charge in [-0.3, -0.25) is 4.79 Å². The van der Waals surface area contributed by atoms with Crippen LogP contribution in [0, 0.1) is 6.92 Å². The highest BCUT2D eigenvalue weighted by Gasteiger charge is 2.16. The zero-order chi connectivity index (χ0) is 19.3. The number of thioether (sulfide) groups is 1. The van der Waals surface area contributed by atoms with E-state index >= 15 is 0 Å². The lowest BCUT2D eigenvalue weighted by Crippen LogP contribution is -2.37. The van der Waals surface area contributed by atoms with Crippen LogP contribution in [0.3, 0.4) is 0 Å². The Kier molecular flexibility index (Phi) is 6.06. The van der Waals surface area contributed by atoms with Gasteiger partial charge in [0, 0.05) is 34.6 Å². The smallest absolute Gasteiger partial charge is 0.230 e. The molecule has 0 saturated heterocycles. The summed E-state index contributed by atoms with van der Waals surface area (Å²) in [4.78, 5) is 13.6. The van der Waals surface area contributed by atoms with E-state index in [0.717, 1.165) is 19.4 Å². The van der Waals surface area contributed by atoms with Crippen molar-refractivity contribution < 1.29 is 4.79 Å². The summed E-state index contributed by atoms with van der Waals surface area (Å²) in [6, 6.07) is 17.5. The van der Waals surface area contributed by atoms with Gasteiger partial charge in [0.25, 0.3) is 0 Å². The van der Waals surface area contributed by atoms with Crippen molar-refractivity contribution in [1.29, 1.82) is 0 Å². The van der Waals surface area contributed by atoms with E-state index in [-0.39, 0.29) is 5.91 Å². The molecular weight excluding hydrogens is 364 g/mol. The predicted octanol–water partition coefficient (Wildman–Crippen LogP) is 5.54. The summed E-state index contributed by atoms with van der Waals surface area (Å²) in [5.41, 5.74) is 3.79. The molecule has 3 aromatic rings. The minimum absolute atomic E-state index is 0.160. The van der Waals surface area contributed by atoms with Gasteiger partial charge in [-0.05, 0) is 31.4 Å². The molecular formula is C24H28N2OS. The Hall–Kier alpha value is -2.20. The molecule has 1 fully saturated rings. The van der Waals surface area contributed by atoms with Crippen LogP contribution in [0.15, 0.2) is 59.6 Å². The molecule has 1 saturated carbocycles. The standard InChI is InChI=1S/C24H28N2OS/c1-18-11-13-19(14-12-18)15-26-16-23(21-9-5-6-10-22(21)26)28-17-24(27)25-20-7-3-2-4-8-20/h5-6,9-14,16,20H,2-4,7-8,15,17H2,1H3,(H,25,27). The number of amides is 1. The molecule has 1 amide bonds. The van der Waals surface area contributed by atoms with Crippen molar-refractivity contribution in [3.8, 4) is 0 Å². The third-order valence-electron chi connectivity index (χ3n) is 5.55. The molecule has 2 aromatic carbocycles. The van der Waals surface area contributed by atoms with Gasteiger partial charge in [-0.15, -0.1) is 11.8 Å². The molecule has 3 nitrogen and oxygen atoms in total. The number of nitrogens with one attached hydrogen (secondary N) is 1. The van der Waals surface area contributed by atoms with Gasteiger partial charge in [0.05, 0.1) is 5.75 Å². The Morgan fingerprint density at radius 3 is 2.61 bits per heavy atom. The largest absolute Gasteiger partial charge is 0.353 e. The summed E-state index contributed by atoms with van der Waals surface area (Å²) in [6.45, 7) is 2.96. The van der Waals surface area contributed by atoms with Crippen molar-refractivity contribution in [3.05, 3.63) is 65.9 Å². The minimum Gasteiger partial charge on any atom is -0.353 e. The van der Waals surface area contributed by atoms with Crippen molar-refractivity contribution >= 4 is 28.6 Å². The average molecular weight is 393 g/mol. The number of aromatic nitrogens is 1. The van der Waals surface area contributed by atoms with Crippen molar-refractivity contribution in [2.24, 2.45) is 0 Å². The van der Waals surface area contributed by atoms with E-state index < -0.39 is 0 Å². The Morgan fingerprint density at radius 1 is 1.07 bits per heavy atom. The molecule has 0 spiro atoms. The summed E-state index contributed by atoms with van der Waals surface area (Å²) in [5, 5.41) is 4.45. The summed E-state index contributed by atoms with van der Waals surface area (Å²) in [5.74, 6) is 0.641. The van der Waals surface area contributed by atoms with E-state index in [1.165, 1.54) is 46.2 Å². The molecule has 4 heteroatoms. The molecule has 146 valence electrons. The normalized spacial score (nSPS) is 15.0. The number of carbonyl (C=O) groups excluding carboxylic acids is 1. The van der Waals surface area contributed by atoms with Gasteiger partial charge in [0.15, 0.2) is 0 Å². The number of aryl methyl sites for hydroxylation is 1. The fourth-order valence-corrected chi connectivity index (χ4v) is 4.91. The van der Waals surface area contributed by atoms with Crippen LogP contribution in [0.25, 0.3) is 10.9 Å². The Labute approximate surface area is 171 Å². The molecule has 1 aliphatic rings. The summed E-state index contributed by atoms with van der Waals surface area (Å²) < 4.78 is 2.29. The second-order valence-corrected chi connectivity index (χ2v) is 8.83. The lowest BCUT2D eigenvalue weighted by molar-refractivity contribution is -0.119. The molecule has 0 unspecified atom stereocenters. The van der Waals surface area contributed by atoms with Crippen LogP contribution in [0.1, 0.15) is 43.2 Å². The highest BCUT2D eigenvalue weighted by molar-refractivity contribution is 8.00. The summed E-state index contributed by atoms with van der Waals surface area (Å²) in [6.07, 6.45) is 8.25. The van der Waals surface area contributed by atoms with Crippen molar-refractivity contribution in [2.75, 3.05) is 5.75 Å². The maximum absolute atomic E-state index is 12.4. The number of carbonyl (C=O) groups is 1. The number of fused-ring (bicyclic) bond motifs is 1. The molecule has 0 aliphatic heterocycles. The van der Waals surface area contributed by atoms with Crippen LogP contribution in [-0.4, -0.2) is 22.3 Å². The van der Waals surface area contributed by atoms with Crippen LogP contribution in [0.5, 0.6) is 0 Å². The fraction of sp³-hybridized carbons (Fsp3) is 0.375. The molecule has 0 bridgehead atoms. The van der Waals surface area contributed by atoms with Gasteiger partial charge in [-0.1, -0.05) is 67.3 Å². The van der Waals surface area contributed by atoms with Gasteiger partial charge in [0.1, 0.15) is 0 Å². The summed E-state index contributed by atoms with van der Waals surface area (Å²) in [7, 11) is 0. The van der Waals surface area contributed by atoms with Gasteiger partial charge in [-0.25, -0.2) is 0 Å². The maximum atomic E-state index is 12.4. The lowest BCUT2D eigenvalue weighted by atomic mass is 9.95. The second kappa shape index (κ2) is 8.87. The van der Waals surface area contributed by atoms with E-state index in [4.69, 9.17) is 0 Å². The topological polar surface area (TPSA) is 34.0 Å². The SMILES string of the molecule is Cc1ccc(Cn2cc(SCC(=O)NC3CCCCC3)c3ccccc32)cc1. The second-order valence-electron chi connectivity index (χ2n) is 7.82. The summed E-state index contributed by atoms with van der Waals surface area (Å²) >= 11 is 1.65. The van der Waals surface area contributed by atoms with Crippen LogP contribution >= 0.6 is 11.8 Å². The van der Waals surface area contributed by atoms with Crippen LogP contribution in [-0.2, 0) is 11.3 Å². The quantitative estimate of drug-likeness (QED) is 0.559. The first kappa shape index (κ1) is 19.1. The molecule has 4 rings (SSSR count). The molecule has 1 aliphatic carbocycles. The van der Waals surface area contributed by atoms with E-state index in [1.807, 2.05) is 0 Å². The monoisotopic (exact) mass is 392 g/mol. The number of rotatable bonds is 6. The van der Waals surface area contributed by atoms with E-state index in [0.29, 0.717) is 11.8 Å². The highest BCUT2D eigenvalue weighted by atomic mass is 32.2. The number of para-hydroxylation sites is 1. The third kappa shape index (κ3) is 4.61. The van der Waals surface area contributed by atoms with Crippen LogP contribution in [0.4, 0.5) is 0 Å². The van der Waals surface area contributed by atoms with Gasteiger partial charge in [-0.2, -0.15) is 0 Å². The zero-order valence-corrected chi connectivity index (χ0v) is 17.3. The molecule has 1 heterocycles. The minimum atomic E-state index is 0.160. The number of benzene rings is 2. The third-order valence-corrected chi connectivity index (χ3v) is 6.60. The Balaban J connectivity index is 1.46. The van der Waals surface area contributed by atoms with Crippen LogP contribution in [0.2, 0.25) is 0 Å². The molecule has 1 N–H and O–H groups in total. The zero-order valence-electron chi connectivity index (χ0n) is 16.5. The molecule has 0 radical (unpaired) electrons. The number of hydrogen-bond acceptors (Lipinski definition) is 2. The lowest BCUT2D eigenvalue weighted by Gasteiger charge is -2.22.